The van der Waals surface area contributed by atoms with Gasteiger partial charge in [0.2, 0.25) is 0 Å². The van der Waals surface area contributed by atoms with Gasteiger partial charge in [-0.25, -0.2) is 0 Å². The third kappa shape index (κ3) is 4.40. The molecule has 0 saturated heterocycles. The lowest BCUT2D eigenvalue weighted by Crippen LogP contribution is -2.18. The van der Waals surface area contributed by atoms with Crippen LogP contribution in [0, 0.1) is 6.92 Å². The Kier molecular flexibility index (Phi) is 4.63. The lowest BCUT2D eigenvalue weighted by atomic mass is 10.1. The molecule has 1 atom stereocenters. The minimum absolute atomic E-state index is 0.208. The van der Waals surface area contributed by atoms with Gasteiger partial charge < -0.3 is 10.4 Å². The molecule has 14 heavy (non-hydrogen) atoms. The summed E-state index contributed by atoms with van der Waals surface area (Å²) in [5.41, 5.74) is 2.59. The van der Waals surface area contributed by atoms with Crippen LogP contribution in [-0.2, 0) is 6.54 Å². The number of hydrogen-bond donors (Lipinski definition) is 2. The van der Waals surface area contributed by atoms with E-state index >= 15 is 0 Å². The lowest BCUT2D eigenvalue weighted by Gasteiger charge is -2.06. The summed E-state index contributed by atoms with van der Waals surface area (Å²) < 4.78 is 0. The number of nitrogens with one attached hydrogen (secondary N) is 1. The molecular weight excluding hydrogens is 174 g/mol. The summed E-state index contributed by atoms with van der Waals surface area (Å²) in [4.78, 5) is 0. The maximum Gasteiger partial charge on any atom is 0.0524 e. The van der Waals surface area contributed by atoms with Crippen LogP contribution in [0.15, 0.2) is 24.3 Å². The highest BCUT2D eigenvalue weighted by atomic mass is 16.3. The quantitative estimate of drug-likeness (QED) is 0.699. The van der Waals surface area contributed by atoms with E-state index in [0.29, 0.717) is 0 Å². The molecule has 0 radical (unpaired) electrons. The molecule has 1 unspecified atom stereocenters. The summed E-state index contributed by atoms with van der Waals surface area (Å²) >= 11 is 0. The van der Waals surface area contributed by atoms with Gasteiger partial charge in [0.25, 0.3) is 0 Å². The van der Waals surface area contributed by atoms with Crippen LogP contribution in [0.2, 0.25) is 0 Å². The summed E-state index contributed by atoms with van der Waals surface area (Å²) in [5.74, 6) is 0. The zero-order chi connectivity index (χ0) is 10.4. The molecule has 1 rings (SSSR count). The van der Waals surface area contributed by atoms with Gasteiger partial charge in [0.05, 0.1) is 6.10 Å². The minimum atomic E-state index is -0.208. The molecule has 0 saturated carbocycles. The molecule has 2 nitrogen and oxygen atoms in total. The molecule has 2 heteroatoms. The maximum absolute atomic E-state index is 9.05. The topological polar surface area (TPSA) is 32.3 Å². The van der Waals surface area contributed by atoms with E-state index in [1.807, 2.05) is 6.92 Å². The van der Waals surface area contributed by atoms with Crippen LogP contribution in [0.5, 0.6) is 0 Å². The van der Waals surface area contributed by atoms with Crippen LogP contribution in [-0.4, -0.2) is 17.8 Å². The predicted octanol–water partition coefficient (Wildman–Crippen LogP) is 1.86. The SMILES string of the molecule is Cc1cccc(CNCCC(C)O)c1. The Morgan fingerprint density at radius 2 is 2.21 bits per heavy atom. The van der Waals surface area contributed by atoms with Crippen molar-refractivity contribution in [1.29, 1.82) is 0 Å². The van der Waals surface area contributed by atoms with Crippen LogP contribution in [0.1, 0.15) is 24.5 Å². The molecule has 0 spiro atoms. The summed E-state index contributed by atoms with van der Waals surface area (Å²) in [5, 5.41) is 12.4. The average molecular weight is 193 g/mol. The number of hydrogen-bond acceptors (Lipinski definition) is 2. The smallest absolute Gasteiger partial charge is 0.0524 e. The van der Waals surface area contributed by atoms with Crippen molar-refractivity contribution in [3.63, 3.8) is 0 Å². The number of aryl methyl sites for hydroxylation is 1. The van der Waals surface area contributed by atoms with Crippen molar-refractivity contribution in [2.45, 2.75) is 32.9 Å². The highest BCUT2D eigenvalue weighted by Gasteiger charge is 1.95. The molecule has 0 aliphatic rings. The summed E-state index contributed by atoms with van der Waals surface area (Å²) in [6.45, 7) is 5.66. The standard InChI is InChI=1S/C12H19NO/c1-10-4-3-5-12(8-10)9-13-7-6-11(2)14/h3-5,8,11,13-14H,6-7,9H2,1-2H3. The summed E-state index contributed by atoms with van der Waals surface area (Å²) in [6, 6.07) is 8.46. The van der Waals surface area contributed by atoms with Gasteiger partial charge in [-0.15, -0.1) is 0 Å². The Balaban J connectivity index is 2.25. The number of benzene rings is 1. The fourth-order valence-corrected chi connectivity index (χ4v) is 1.37. The van der Waals surface area contributed by atoms with Gasteiger partial charge in [0.15, 0.2) is 0 Å². The molecule has 0 heterocycles. The fourth-order valence-electron chi connectivity index (χ4n) is 1.37. The first-order valence-corrected chi connectivity index (χ1v) is 5.13. The zero-order valence-electron chi connectivity index (χ0n) is 8.96. The lowest BCUT2D eigenvalue weighted by molar-refractivity contribution is 0.183. The van der Waals surface area contributed by atoms with Crippen molar-refractivity contribution >= 4 is 0 Å². The molecule has 2 N–H and O–H groups in total. The highest BCUT2D eigenvalue weighted by Crippen LogP contribution is 2.03. The first-order chi connectivity index (χ1) is 6.68. The molecule has 0 bridgehead atoms. The van der Waals surface area contributed by atoms with Crippen LogP contribution in [0.4, 0.5) is 0 Å². The molecule has 1 aromatic carbocycles. The third-order valence-electron chi connectivity index (χ3n) is 2.15. The van der Waals surface area contributed by atoms with E-state index in [1.165, 1.54) is 11.1 Å². The summed E-state index contributed by atoms with van der Waals surface area (Å²) in [6.07, 6.45) is 0.603. The van der Waals surface area contributed by atoms with Gasteiger partial charge in [0.1, 0.15) is 0 Å². The first kappa shape index (κ1) is 11.2. The van der Waals surface area contributed by atoms with E-state index in [4.69, 9.17) is 5.11 Å². The molecule has 78 valence electrons. The number of rotatable bonds is 5. The second-order valence-corrected chi connectivity index (χ2v) is 3.80. The maximum atomic E-state index is 9.05. The molecule has 0 amide bonds. The molecule has 0 fully saturated rings. The largest absolute Gasteiger partial charge is 0.393 e. The monoisotopic (exact) mass is 193 g/mol. The van der Waals surface area contributed by atoms with Gasteiger partial charge >= 0.3 is 0 Å². The molecule has 0 aliphatic heterocycles. The van der Waals surface area contributed by atoms with E-state index in [-0.39, 0.29) is 6.10 Å². The van der Waals surface area contributed by atoms with E-state index < -0.39 is 0 Å². The molecule has 0 aromatic heterocycles. The van der Waals surface area contributed by atoms with Crippen LogP contribution < -0.4 is 5.32 Å². The van der Waals surface area contributed by atoms with Gasteiger partial charge in [-0.3, -0.25) is 0 Å². The molecular formula is C12H19NO. The van der Waals surface area contributed by atoms with Crippen molar-refractivity contribution in [2.24, 2.45) is 0 Å². The molecule has 0 aliphatic carbocycles. The van der Waals surface area contributed by atoms with Crippen LogP contribution in [0.25, 0.3) is 0 Å². The number of aliphatic hydroxyl groups excluding tert-OH is 1. The second kappa shape index (κ2) is 5.78. The fraction of sp³-hybridized carbons (Fsp3) is 0.500. The van der Waals surface area contributed by atoms with Gasteiger partial charge in [-0.2, -0.15) is 0 Å². The van der Waals surface area contributed by atoms with E-state index in [9.17, 15) is 0 Å². The van der Waals surface area contributed by atoms with Crippen molar-refractivity contribution in [1.82, 2.24) is 5.32 Å². The Morgan fingerprint density at radius 3 is 2.86 bits per heavy atom. The third-order valence-corrected chi connectivity index (χ3v) is 2.15. The zero-order valence-corrected chi connectivity index (χ0v) is 8.96. The van der Waals surface area contributed by atoms with E-state index in [1.54, 1.807) is 0 Å². The van der Waals surface area contributed by atoms with E-state index in [0.717, 1.165) is 19.5 Å². The predicted molar refractivity (Wildman–Crippen MR) is 59.2 cm³/mol. The number of aliphatic hydroxyl groups is 1. The van der Waals surface area contributed by atoms with Gasteiger partial charge in [-0.1, -0.05) is 29.8 Å². The van der Waals surface area contributed by atoms with Crippen LogP contribution >= 0.6 is 0 Å². The van der Waals surface area contributed by atoms with Crippen molar-refractivity contribution in [3.05, 3.63) is 35.4 Å². The second-order valence-electron chi connectivity index (χ2n) is 3.80. The van der Waals surface area contributed by atoms with Crippen LogP contribution in [0.3, 0.4) is 0 Å². The van der Waals surface area contributed by atoms with Gasteiger partial charge in [-0.05, 0) is 32.4 Å². The van der Waals surface area contributed by atoms with Crippen molar-refractivity contribution < 1.29 is 5.11 Å². The van der Waals surface area contributed by atoms with Crippen molar-refractivity contribution in [2.75, 3.05) is 6.54 Å². The Labute approximate surface area is 86.0 Å². The first-order valence-electron chi connectivity index (χ1n) is 5.13. The van der Waals surface area contributed by atoms with Crippen molar-refractivity contribution in [3.8, 4) is 0 Å². The highest BCUT2D eigenvalue weighted by molar-refractivity contribution is 5.21. The van der Waals surface area contributed by atoms with E-state index in [2.05, 4.69) is 36.5 Å². The normalized spacial score (nSPS) is 12.8. The Hall–Kier alpha value is -0.860. The Morgan fingerprint density at radius 1 is 1.43 bits per heavy atom. The molecule has 1 aromatic rings. The average Bonchev–Trinajstić information content (AvgIpc) is 2.12. The summed E-state index contributed by atoms with van der Waals surface area (Å²) in [7, 11) is 0. The minimum Gasteiger partial charge on any atom is -0.393 e. The van der Waals surface area contributed by atoms with Gasteiger partial charge in [0, 0.05) is 6.54 Å². The Bertz CT molecular complexity index is 271.